The molecule has 0 radical (unpaired) electrons. The van der Waals surface area contributed by atoms with E-state index in [4.69, 9.17) is 18.3 Å². The smallest absolute Gasteiger partial charge is 1.00 e. The number of ether oxygens (including phenoxy) is 2. The minimum Gasteiger partial charge on any atom is -1.00 e. The van der Waals surface area contributed by atoms with E-state index < -0.39 is 37.9 Å². The van der Waals surface area contributed by atoms with Crippen molar-refractivity contribution >= 4 is 19.8 Å². The Hall–Kier alpha value is 0.247. The molecule has 0 aromatic carbocycles. The van der Waals surface area contributed by atoms with E-state index in [1.165, 1.54) is 0 Å². The second-order valence-corrected chi connectivity index (χ2v) is 26.4. The van der Waals surface area contributed by atoms with Gasteiger partial charge in [0.05, 0.1) is 0 Å². The Morgan fingerprint density at radius 3 is 1.41 bits per heavy atom. The number of rotatable bonds is 12. The summed E-state index contributed by atoms with van der Waals surface area (Å²) in [5, 5.41) is 0. The second-order valence-electron chi connectivity index (χ2n) is 9.95. The van der Waals surface area contributed by atoms with E-state index in [0.29, 0.717) is 26.4 Å². The molecule has 0 amide bonds. The quantitative estimate of drug-likeness (QED) is 0.233. The standard InChI is InChI=1S/2C10H17O2Si.C3H6.2ClH.Zr/c2*1-13(2,3)12-9-8-11-10-6-4-5-7-10;1-3-2;;;/h2*6-7H,4,8-9H2,1-3H3;1-2H3;2*1H;/q;;;;;+2/p-2. The Morgan fingerprint density at radius 2 is 1.09 bits per heavy atom. The van der Waals surface area contributed by atoms with Gasteiger partial charge in [-0.25, -0.2) is 0 Å². The molecule has 0 aliphatic heterocycles. The first-order valence-electron chi connectivity index (χ1n) is 11.0. The van der Waals surface area contributed by atoms with Crippen LogP contribution in [0.3, 0.4) is 0 Å². The molecule has 0 spiro atoms. The van der Waals surface area contributed by atoms with E-state index in [-0.39, 0.29) is 24.8 Å². The van der Waals surface area contributed by atoms with Crippen molar-refractivity contribution < 1.29 is 64.4 Å². The summed E-state index contributed by atoms with van der Waals surface area (Å²) in [6.45, 7) is 20.5. The minimum atomic E-state index is -1.98. The Balaban J connectivity index is 0.00000480. The van der Waals surface area contributed by atoms with E-state index in [0.717, 1.165) is 24.4 Å². The summed E-state index contributed by atoms with van der Waals surface area (Å²) >= 11 is -1.98. The molecular weight excluding hydrogens is 559 g/mol. The van der Waals surface area contributed by atoms with Gasteiger partial charge < -0.3 is 24.8 Å². The SMILES string of the molecule is C[C](C)=[Zr+2]([C]1=CC(OCCO[Si](C)(C)C)=CC1)[C]1=CC(OCCO[Si](C)(C)C)=CC1.[Cl-].[Cl-]. The minimum absolute atomic E-state index is 0. The van der Waals surface area contributed by atoms with E-state index >= 15 is 0 Å². The fourth-order valence-corrected chi connectivity index (χ4v) is 11.9. The third-order valence-corrected chi connectivity index (χ3v) is 14.1. The predicted molar refractivity (Wildman–Crippen MR) is 128 cm³/mol. The molecule has 0 aromatic rings. The molecule has 0 unspecified atom stereocenters. The predicted octanol–water partition coefficient (Wildman–Crippen LogP) is -0.0960. The first kappa shape index (κ1) is 32.2. The van der Waals surface area contributed by atoms with Gasteiger partial charge >= 0.3 is 194 Å². The van der Waals surface area contributed by atoms with Crippen molar-refractivity contribution in [3.63, 3.8) is 0 Å². The fraction of sp³-hybridized carbons (Fsp3) is 0.609. The normalized spacial score (nSPS) is 15.3. The van der Waals surface area contributed by atoms with Crippen LogP contribution in [0.1, 0.15) is 26.7 Å². The van der Waals surface area contributed by atoms with Crippen molar-refractivity contribution in [2.45, 2.75) is 66.0 Å². The van der Waals surface area contributed by atoms with Crippen LogP contribution in [0.2, 0.25) is 39.3 Å². The molecule has 0 saturated carbocycles. The van der Waals surface area contributed by atoms with Crippen molar-refractivity contribution in [2.75, 3.05) is 26.4 Å². The topological polar surface area (TPSA) is 36.9 Å². The zero-order valence-corrected chi connectivity index (χ0v) is 26.9. The molecule has 0 saturated heterocycles. The third-order valence-electron chi connectivity index (χ3n) is 4.60. The largest absolute Gasteiger partial charge is 1.00 e. The van der Waals surface area contributed by atoms with Crippen LogP contribution in [0.15, 0.2) is 42.4 Å². The van der Waals surface area contributed by atoms with Gasteiger partial charge in [-0.15, -0.1) is 0 Å². The van der Waals surface area contributed by atoms with Crippen molar-refractivity contribution in [3.8, 4) is 0 Å². The summed E-state index contributed by atoms with van der Waals surface area (Å²) in [6.07, 6.45) is 11.1. The molecule has 32 heavy (non-hydrogen) atoms. The van der Waals surface area contributed by atoms with Crippen LogP contribution in [-0.4, -0.2) is 46.3 Å². The maximum absolute atomic E-state index is 5.97. The Bertz CT molecular complexity index is 714. The van der Waals surface area contributed by atoms with Crippen molar-refractivity contribution in [1.29, 1.82) is 0 Å². The van der Waals surface area contributed by atoms with Gasteiger partial charge in [-0.05, 0) is 0 Å². The van der Waals surface area contributed by atoms with Crippen LogP contribution in [0, 0.1) is 0 Å². The summed E-state index contributed by atoms with van der Waals surface area (Å²) in [5.74, 6) is 2.05. The monoisotopic (exact) mass is 596 g/mol. The number of allylic oxidation sites excluding steroid dienone is 6. The van der Waals surface area contributed by atoms with Crippen LogP contribution in [0.5, 0.6) is 0 Å². The molecule has 2 aliphatic carbocycles. The van der Waals surface area contributed by atoms with Crippen molar-refractivity contribution in [3.05, 3.63) is 42.4 Å². The number of hydrogen-bond acceptors (Lipinski definition) is 4. The van der Waals surface area contributed by atoms with Gasteiger partial charge in [0.2, 0.25) is 0 Å². The Kier molecular flexibility index (Phi) is 14.7. The first-order chi connectivity index (χ1) is 13.9. The van der Waals surface area contributed by atoms with Crippen LogP contribution < -0.4 is 24.8 Å². The molecule has 4 nitrogen and oxygen atoms in total. The van der Waals surface area contributed by atoms with E-state index in [2.05, 4.69) is 77.4 Å². The summed E-state index contributed by atoms with van der Waals surface area (Å²) < 4.78 is 28.5. The zero-order chi connectivity index (χ0) is 22.4. The molecule has 0 heterocycles. The van der Waals surface area contributed by atoms with Gasteiger partial charge in [-0.1, -0.05) is 0 Å². The average molecular weight is 599 g/mol. The molecule has 0 atom stereocenters. The summed E-state index contributed by atoms with van der Waals surface area (Å²) in [7, 11) is -2.93. The molecule has 0 N–H and O–H groups in total. The van der Waals surface area contributed by atoms with Crippen LogP contribution in [0.4, 0.5) is 0 Å². The van der Waals surface area contributed by atoms with Gasteiger partial charge in [-0.3, -0.25) is 0 Å². The van der Waals surface area contributed by atoms with Crippen LogP contribution in [-0.2, 0) is 39.6 Å². The summed E-state index contributed by atoms with van der Waals surface area (Å²) in [5.41, 5.74) is 0. The zero-order valence-electron chi connectivity index (χ0n) is 20.9. The van der Waals surface area contributed by atoms with Crippen LogP contribution in [0.25, 0.3) is 0 Å². The van der Waals surface area contributed by atoms with E-state index in [9.17, 15) is 0 Å². The maximum Gasteiger partial charge on any atom is -1.00 e. The van der Waals surface area contributed by atoms with E-state index in [1.54, 1.807) is 9.77 Å². The molecular formula is C23H40Cl2O4Si2Zr. The molecule has 0 fully saturated rings. The molecule has 2 rings (SSSR count). The molecule has 0 bridgehead atoms. The maximum atomic E-state index is 5.97. The van der Waals surface area contributed by atoms with Gasteiger partial charge in [0, 0.05) is 0 Å². The van der Waals surface area contributed by atoms with Crippen molar-refractivity contribution in [1.82, 2.24) is 0 Å². The van der Waals surface area contributed by atoms with E-state index in [1.807, 2.05) is 0 Å². The Labute approximate surface area is 217 Å². The van der Waals surface area contributed by atoms with Gasteiger partial charge in [0.1, 0.15) is 0 Å². The fourth-order valence-electron chi connectivity index (χ4n) is 3.41. The van der Waals surface area contributed by atoms with Gasteiger partial charge in [-0.2, -0.15) is 0 Å². The molecule has 0 aromatic heterocycles. The van der Waals surface area contributed by atoms with Crippen LogP contribution >= 0.6 is 0 Å². The average Bonchev–Trinajstić information content (AvgIpc) is 3.24. The molecule has 9 heteroatoms. The number of halogens is 2. The van der Waals surface area contributed by atoms with Gasteiger partial charge in [0.15, 0.2) is 0 Å². The third kappa shape index (κ3) is 12.1. The summed E-state index contributed by atoms with van der Waals surface area (Å²) in [4.78, 5) is 0. The summed E-state index contributed by atoms with van der Waals surface area (Å²) in [6, 6.07) is 0. The Morgan fingerprint density at radius 1 is 0.719 bits per heavy atom. The molecule has 2 aliphatic rings. The van der Waals surface area contributed by atoms with Crippen molar-refractivity contribution in [2.24, 2.45) is 0 Å². The molecule has 182 valence electrons. The second kappa shape index (κ2) is 14.6. The first-order valence-corrected chi connectivity index (χ1v) is 21.5. The number of hydrogen-bond donors (Lipinski definition) is 0. The van der Waals surface area contributed by atoms with Gasteiger partial charge in [0.25, 0.3) is 0 Å².